The Hall–Kier alpha value is -2.08. The van der Waals surface area contributed by atoms with Crippen molar-refractivity contribution in [2.75, 3.05) is 33.8 Å². The quantitative estimate of drug-likeness (QED) is 0.765. The third-order valence-corrected chi connectivity index (χ3v) is 4.05. The first-order valence-corrected chi connectivity index (χ1v) is 8.36. The van der Waals surface area contributed by atoms with Crippen molar-refractivity contribution in [3.05, 3.63) is 29.3 Å². The van der Waals surface area contributed by atoms with Crippen LogP contribution in [0.1, 0.15) is 31.0 Å². The molecule has 2 amide bonds. The first-order valence-electron chi connectivity index (χ1n) is 8.36. The Balaban J connectivity index is 1.96. The number of rotatable bonds is 6. The molecular formula is C18H27N3O3. The maximum atomic E-state index is 11.9. The molecule has 132 valence electrons. The molecule has 1 aromatic carbocycles. The molecule has 1 aromatic rings. The summed E-state index contributed by atoms with van der Waals surface area (Å²) in [7, 11) is 3.92. The molecular weight excluding hydrogens is 306 g/mol. The van der Waals surface area contributed by atoms with Crippen molar-refractivity contribution in [3.63, 3.8) is 0 Å². The summed E-state index contributed by atoms with van der Waals surface area (Å²) < 4.78 is 5.53. The van der Waals surface area contributed by atoms with Crippen LogP contribution in [0.3, 0.4) is 0 Å². The zero-order chi connectivity index (χ0) is 17.7. The zero-order valence-corrected chi connectivity index (χ0v) is 14.9. The molecule has 0 aromatic heterocycles. The molecule has 1 unspecified atom stereocenters. The summed E-state index contributed by atoms with van der Waals surface area (Å²) in [4.78, 5) is 25.7. The van der Waals surface area contributed by atoms with Crippen molar-refractivity contribution < 1.29 is 14.3 Å². The summed E-state index contributed by atoms with van der Waals surface area (Å²) in [5, 5.41) is 5.36. The number of carbonyl (C=O) groups is 2. The second-order valence-electron chi connectivity index (χ2n) is 6.76. The number of likely N-dealkylation sites (N-methyl/N-ethyl adjacent to an activating group) is 1. The van der Waals surface area contributed by atoms with E-state index < -0.39 is 11.8 Å². The zero-order valence-electron chi connectivity index (χ0n) is 14.9. The maximum Gasteiger partial charge on any atom is 0.309 e. The van der Waals surface area contributed by atoms with E-state index in [1.807, 2.05) is 45.0 Å². The van der Waals surface area contributed by atoms with Crippen LogP contribution < -0.4 is 15.4 Å². The van der Waals surface area contributed by atoms with E-state index in [1.54, 1.807) is 0 Å². The summed E-state index contributed by atoms with van der Waals surface area (Å²) in [6, 6.07) is 6.11. The lowest BCUT2D eigenvalue weighted by molar-refractivity contribution is -0.139. The highest BCUT2D eigenvalue weighted by Crippen LogP contribution is 2.29. The Morgan fingerprint density at radius 1 is 1.17 bits per heavy atom. The molecule has 0 saturated heterocycles. The highest BCUT2D eigenvalue weighted by atomic mass is 16.5. The van der Waals surface area contributed by atoms with Crippen LogP contribution in [0.4, 0.5) is 0 Å². The minimum Gasteiger partial charge on any atom is -0.493 e. The summed E-state index contributed by atoms with van der Waals surface area (Å²) in [5.41, 5.74) is 2.30. The highest BCUT2D eigenvalue weighted by Gasteiger charge is 2.21. The maximum absolute atomic E-state index is 11.9. The summed E-state index contributed by atoms with van der Waals surface area (Å²) in [6.07, 6.45) is 0.910. The average molecular weight is 333 g/mol. The predicted octanol–water partition coefficient (Wildman–Crippen LogP) is 1.11. The molecule has 6 nitrogen and oxygen atoms in total. The van der Waals surface area contributed by atoms with E-state index in [1.165, 1.54) is 5.56 Å². The molecule has 24 heavy (non-hydrogen) atoms. The van der Waals surface area contributed by atoms with E-state index in [-0.39, 0.29) is 6.04 Å². The number of nitrogens with one attached hydrogen (secondary N) is 2. The molecule has 0 radical (unpaired) electrons. The van der Waals surface area contributed by atoms with Gasteiger partial charge in [0.1, 0.15) is 5.75 Å². The van der Waals surface area contributed by atoms with E-state index >= 15 is 0 Å². The number of fused-ring (bicyclic) bond motifs is 1. The van der Waals surface area contributed by atoms with Crippen molar-refractivity contribution in [1.29, 1.82) is 0 Å². The van der Waals surface area contributed by atoms with Crippen molar-refractivity contribution in [3.8, 4) is 5.75 Å². The Bertz CT molecular complexity index is 599. The molecule has 1 heterocycles. The highest BCUT2D eigenvalue weighted by molar-refractivity contribution is 6.35. The van der Waals surface area contributed by atoms with Gasteiger partial charge in [0, 0.05) is 19.5 Å². The van der Waals surface area contributed by atoms with Crippen molar-refractivity contribution in [2.45, 2.75) is 26.3 Å². The fraction of sp³-hybridized carbons (Fsp3) is 0.556. The van der Waals surface area contributed by atoms with Crippen LogP contribution in [0.15, 0.2) is 18.2 Å². The molecule has 1 atom stereocenters. The van der Waals surface area contributed by atoms with E-state index in [0.717, 1.165) is 24.3 Å². The van der Waals surface area contributed by atoms with Gasteiger partial charge in [0.05, 0.1) is 12.6 Å². The normalized spacial score (nSPS) is 14.2. The molecule has 2 N–H and O–H groups in total. The molecule has 1 aliphatic rings. The fourth-order valence-electron chi connectivity index (χ4n) is 2.66. The van der Waals surface area contributed by atoms with Gasteiger partial charge in [-0.3, -0.25) is 9.59 Å². The molecule has 0 saturated carbocycles. The van der Waals surface area contributed by atoms with Crippen LogP contribution >= 0.6 is 0 Å². The molecule has 1 aliphatic heterocycles. The number of nitrogens with zero attached hydrogens (tertiary/aromatic N) is 1. The Kier molecular flexibility index (Phi) is 6.20. The van der Waals surface area contributed by atoms with Gasteiger partial charge in [-0.05, 0) is 37.2 Å². The lowest BCUT2D eigenvalue weighted by atomic mass is 10.0. The van der Waals surface area contributed by atoms with Crippen molar-refractivity contribution in [2.24, 2.45) is 5.92 Å². The number of ether oxygens (including phenoxy) is 1. The van der Waals surface area contributed by atoms with E-state index in [2.05, 4.69) is 16.7 Å². The van der Waals surface area contributed by atoms with E-state index in [9.17, 15) is 9.59 Å². The molecule has 0 bridgehead atoms. The minimum absolute atomic E-state index is 0.00208. The first-order chi connectivity index (χ1) is 11.4. The topological polar surface area (TPSA) is 70.7 Å². The number of hydrogen-bond donors (Lipinski definition) is 2. The SMILES string of the molecule is CC(C)CNC(=O)C(=O)NCC(c1ccc2c(c1)CCO2)N(C)C. The van der Waals surface area contributed by atoms with E-state index in [4.69, 9.17) is 4.74 Å². The van der Waals surface area contributed by atoms with Gasteiger partial charge in [0.25, 0.3) is 0 Å². The molecule has 0 aliphatic carbocycles. The van der Waals surface area contributed by atoms with Gasteiger partial charge in [0.2, 0.25) is 0 Å². The van der Waals surface area contributed by atoms with Gasteiger partial charge in [-0.25, -0.2) is 0 Å². The van der Waals surface area contributed by atoms with Gasteiger partial charge in [-0.2, -0.15) is 0 Å². The fourth-order valence-corrected chi connectivity index (χ4v) is 2.66. The second kappa shape index (κ2) is 8.15. The van der Waals surface area contributed by atoms with Crippen LogP contribution in [0, 0.1) is 5.92 Å². The largest absolute Gasteiger partial charge is 0.493 e. The number of carbonyl (C=O) groups excluding carboxylic acids is 2. The lowest BCUT2D eigenvalue weighted by Crippen LogP contribution is -2.44. The monoisotopic (exact) mass is 333 g/mol. The lowest BCUT2D eigenvalue weighted by Gasteiger charge is -2.25. The molecule has 2 rings (SSSR count). The smallest absolute Gasteiger partial charge is 0.309 e. The number of hydrogen-bond acceptors (Lipinski definition) is 4. The Morgan fingerprint density at radius 2 is 1.83 bits per heavy atom. The molecule has 0 fully saturated rings. The third-order valence-electron chi connectivity index (χ3n) is 4.05. The third kappa shape index (κ3) is 4.71. The van der Waals surface area contributed by atoms with Crippen molar-refractivity contribution in [1.82, 2.24) is 15.5 Å². The minimum atomic E-state index is -0.591. The standard InChI is InChI=1S/C18H27N3O3/c1-12(2)10-19-17(22)18(23)20-11-15(21(3)4)13-5-6-16-14(9-13)7-8-24-16/h5-6,9,12,15H,7-8,10-11H2,1-4H3,(H,19,22)(H,20,23). The van der Waals surface area contributed by atoms with Gasteiger partial charge in [0.15, 0.2) is 0 Å². The van der Waals surface area contributed by atoms with Gasteiger partial charge in [-0.15, -0.1) is 0 Å². The number of amides is 2. The van der Waals surface area contributed by atoms with Crippen LogP contribution in [0.2, 0.25) is 0 Å². The van der Waals surface area contributed by atoms with Gasteiger partial charge < -0.3 is 20.3 Å². The van der Waals surface area contributed by atoms with Gasteiger partial charge >= 0.3 is 11.8 Å². The summed E-state index contributed by atoms with van der Waals surface area (Å²) >= 11 is 0. The Morgan fingerprint density at radius 3 is 2.46 bits per heavy atom. The second-order valence-corrected chi connectivity index (χ2v) is 6.76. The van der Waals surface area contributed by atoms with Crippen LogP contribution in [-0.4, -0.2) is 50.5 Å². The van der Waals surface area contributed by atoms with Crippen LogP contribution in [0.5, 0.6) is 5.75 Å². The van der Waals surface area contributed by atoms with Crippen molar-refractivity contribution >= 4 is 11.8 Å². The predicted molar refractivity (Wildman–Crippen MR) is 92.9 cm³/mol. The van der Waals surface area contributed by atoms with Crippen LogP contribution in [0.25, 0.3) is 0 Å². The van der Waals surface area contributed by atoms with E-state index in [0.29, 0.717) is 19.0 Å². The number of benzene rings is 1. The summed E-state index contributed by atoms with van der Waals surface area (Å²) in [6.45, 7) is 5.56. The molecule has 6 heteroatoms. The first kappa shape index (κ1) is 18.3. The average Bonchev–Trinajstić information content (AvgIpc) is 2.99. The summed E-state index contributed by atoms with van der Waals surface area (Å²) in [5.74, 6) is 0.0776. The Labute approximate surface area is 143 Å². The van der Waals surface area contributed by atoms with Gasteiger partial charge in [-0.1, -0.05) is 26.0 Å². The molecule has 0 spiro atoms. The van der Waals surface area contributed by atoms with Crippen LogP contribution in [-0.2, 0) is 16.0 Å².